The van der Waals surface area contributed by atoms with Crippen molar-refractivity contribution in [1.29, 1.82) is 0 Å². The SMILES string of the molecule is CCCCCCCC(=O)c1ccc(OC(=O)C2CCCC2)c(C(=O)c2ccccc2C=O)c1. The molecule has 1 aliphatic rings. The Balaban J connectivity index is 1.87. The van der Waals surface area contributed by atoms with Gasteiger partial charge in [-0.3, -0.25) is 19.2 Å². The molecule has 1 aliphatic carbocycles. The van der Waals surface area contributed by atoms with Gasteiger partial charge in [0, 0.05) is 23.1 Å². The minimum Gasteiger partial charge on any atom is -0.426 e. The Labute approximate surface area is 195 Å². The van der Waals surface area contributed by atoms with Crippen LogP contribution in [0.25, 0.3) is 0 Å². The molecule has 174 valence electrons. The lowest BCUT2D eigenvalue weighted by atomic mass is 9.95. The quantitative estimate of drug-likeness (QED) is 0.124. The molecule has 1 fully saturated rings. The molecule has 0 spiro atoms. The Morgan fingerprint density at radius 1 is 0.939 bits per heavy atom. The highest BCUT2D eigenvalue weighted by Gasteiger charge is 2.27. The summed E-state index contributed by atoms with van der Waals surface area (Å²) >= 11 is 0. The zero-order valence-corrected chi connectivity index (χ0v) is 19.3. The number of carbonyl (C=O) groups is 4. The fraction of sp³-hybridized carbons (Fsp3) is 0.429. The Kier molecular flexibility index (Phi) is 9.11. The molecule has 0 saturated heterocycles. The number of ketones is 2. The Morgan fingerprint density at radius 2 is 1.67 bits per heavy atom. The number of hydrogen-bond donors (Lipinski definition) is 0. The lowest BCUT2D eigenvalue weighted by Crippen LogP contribution is -2.19. The fourth-order valence-electron chi connectivity index (χ4n) is 4.31. The lowest BCUT2D eigenvalue weighted by molar-refractivity contribution is -0.138. The molecular formula is C28H32O5. The highest BCUT2D eigenvalue weighted by molar-refractivity contribution is 6.15. The standard InChI is InChI=1S/C28H32O5/c1-2-3-4-5-6-15-25(30)21-16-17-26(33-28(32)20-11-7-8-12-20)24(18-21)27(31)23-14-10-9-13-22(23)19-29/h9-10,13-14,16-20H,2-8,11-12,15H2,1H3. The number of ether oxygens (including phenoxy) is 1. The normalized spacial score (nSPS) is 13.6. The van der Waals surface area contributed by atoms with Crippen LogP contribution in [0.2, 0.25) is 0 Å². The van der Waals surface area contributed by atoms with Gasteiger partial charge in [0.25, 0.3) is 0 Å². The van der Waals surface area contributed by atoms with E-state index in [1.807, 2.05) is 0 Å². The van der Waals surface area contributed by atoms with E-state index >= 15 is 0 Å². The molecule has 0 aliphatic heterocycles. The summed E-state index contributed by atoms with van der Waals surface area (Å²) in [4.78, 5) is 50.3. The monoisotopic (exact) mass is 448 g/mol. The molecule has 33 heavy (non-hydrogen) atoms. The number of aldehydes is 1. The Hall–Kier alpha value is -3.08. The second kappa shape index (κ2) is 12.2. The van der Waals surface area contributed by atoms with E-state index in [4.69, 9.17) is 4.74 Å². The third-order valence-electron chi connectivity index (χ3n) is 6.28. The van der Waals surface area contributed by atoms with Crippen molar-refractivity contribution in [3.05, 3.63) is 64.7 Å². The van der Waals surface area contributed by atoms with E-state index in [9.17, 15) is 19.2 Å². The van der Waals surface area contributed by atoms with Gasteiger partial charge in [0.15, 0.2) is 17.9 Å². The molecule has 1 saturated carbocycles. The maximum Gasteiger partial charge on any atom is 0.314 e. The maximum absolute atomic E-state index is 13.4. The number of hydrogen-bond acceptors (Lipinski definition) is 5. The summed E-state index contributed by atoms with van der Waals surface area (Å²) in [6.45, 7) is 2.15. The topological polar surface area (TPSA) is 77.5 Å². The van der Waals surface area contributed by atoms with Crippen LogP contribution in [0.3, 0.4) is 0 Å². The summed E-state index contributed by atoms with van der Waals surface area (Å²) in [5.41, 5.74) is 1.02. The highest BCUT2D eigenvalue weighted by atomic mass is 16.5. The first-order chi connectivity index (χ1) is 16.0. The summed E-state index contributed by atoms with van der Waals surface area (Å²) in [6, 6.07) is 11.2. The highest BCUT2D eigenvalue weighted by Crippen LogP contribution is 2.30. The van der Waals surface area contributed by atoms with Crippen molar-refractivity contribution in [2.24, 2.45) is 5.92 Å². The fourth-order valence-corrected chi connectivity index (χ4v) is 4.31. The largest absolute Gasteiger partial charge is 0.426 e. The molecule has 0 heterocycles. The van der Waals surface area contributed by atoms with Gasteiger partial charge < -0.3 is 4.74 Å². The number of benzene rings is 2. The van der Waals surface area contributed by atoms with E-state index in [1.54, 1.807) is 30.3 Å². The molecule has 0 amide bonds. The molecule has 0 bridgehead atoms. The van der Waals surface area contributed by atoms with Gasteiger partial charge in [0.1, 0.15) is 5.75 Å². The summed E-state index contributed by atoms with van der Waals surface area (Å²) < 4.78 is 5.65. The molecule has 2 aromatic carbocycles. The van der Waals surface area contributed by atoms with Crippen LogP contribution in [0.1, 0.15) is 108 Å². The number of rotatable bonds is 12. The smallest absolute Gasteiger partial charge is 0.314 e. The first-order valence-electron chi connectivity index (χ1n) is 12.0. The van der Waals surface area contributed by atoms with Crippen molar-refractivity contribution >= 4 is 23.8 Å². The minimum absolute atomic E-state index is 0.0436. The van der Waals surface area contributed by atoms with E-state index in [0.717, 1.165) is 57.8 Å². The van der Waals surface area contributed by atoms with Crippen molar-refractivity contribution in [2.75, 3.05) is 0 Å². The number of unbranched alkanes of at least 4 members (excludes halogenated alkanes) is 4. The third-order valence-corrected chi connectivity index (χ3v) is 6.28. The molecule has 0 aromatic heterocycles. The van der Waals surface area contributed by atoms with E-state index < -0.39 is 5.78 Å². The van der Waals surface area contributed by atoms with Crippen LogP contribution in [0, 0.1) is 5.92 Å². The van der Waals surface area contributed by atoms with Gasteiger partial charge in [-0.15, -0.1) is 0 Å². The van der Waals surface area contributed by atoms with Crippen molar-refractivity contribution in [2.45, 2.75) is 71.1 Å². The second-order valence-electron chi connectivity index (χ2n) is 8.74. The Morgan fingerprint density at radius 3 is 2.39 bits per heavy atom. The first kappa shape index (κ1) is 24.6. The second-order valence-corrected chi connectivity index (χ2v) is 8.74. The molecule has 3 rings (SSSR count). The summed E-state index contributed by atoms with van der Waals surface area (Å²) in [5.74, 6) is -0.862. The van der Waals surface area contributed by atoms with Crippen LogP contribution in [0.5, 0.6) is 5.75 Å². The number of Topliss-reactive ketones (excluding diaryl/α,β-unsaturated/α-hetero) is 1. The lowest BCUT2D eigenvalue weighted by Gasteiger charge is -2.14. The van der Waals surface area contributed by atoms with Gasteiger partial charge in [0.2, 0.25) is 0 Å². The maximum atomic E-state index is 13.4. The van der Waals surface area contributed by atoms with Gasteiger partial charge in [-0.05, 0) is 37.5 Å². The number of esters is 1. The van der Waals surface area contributed by atoms with Crippen molar-refractivity contribution in [1.82, 2.24) is 0 Å². The summed E-state index contributed by atoms with van der Waals surface area (Å²) in [6.07, 6.45) is 9.78. The molecule has 2 aromatic rings. The van der Waals surface area contributed by atoms with Gasteiger partial charge in [-0.1, -0.05) is 69.7 Å². The van der Waals surface area contributed by atoms with Crippen LogP contribution < -0.4 is 4.74 Å². The molecule has 5 heteroatoms. The Bertz CT molecular complexity index is 1000. The van der Waals surface area contributed by atoms with Crippen molar-refractivity contribution in [3.8, 4) is 5.75 Å². The average molecular weight is 449 g/mol. The molecule has 0 unspecified atom stereocenters. The molecular weight excluding hydrogens is 416 g/mol. The first-order valence-corrected chi connectivity index (χ1v) is 12.0. The van der Waals surface area contributed by atoms with Crippen molar-refractivity contribution in [3.63, 3.8) is 0 Å². The molecule has 0 N–H and O–H groups in total. The molecule has 0 radical (unpaired) electrons. The minimum atomic E-state index is -0.440. The van der Waals surface area contributed by atoms with Crippen LogP contribution in [-0.4, -0.2) is 23.8 Å². The van der Waals surface area contributed by atoms with Crippen LogP contribution in [-0.2, 0) is 4.79 Å². The zero-order valence-electron chi connectivity index (χ0n) is 19.3. The van der Waals surface area contributed by atoms with Gasteiger partial charge in [0.05, 0.1) is 11.5 Å². The predicted molar refractivity (Wildman–Crippen MR) is 127 cm³/mol. The zero-order chi connectivity index (χ0) is 23.6. The summed E-state index contributed by atoms with van der Waals surface area (Å²) in [7, 11) is 0. The van der Waals surface area contributed by atoms with E-state index in [0.29, 0.717) is 18.3 Å². The van der Waals surface area contributed by atoms with E-state index in [1.165, 1.54) is 12.1 Å². The third kappa shape index (κ3) is 6.47. The molecule has 0 atom stereocenters. The summed E-state index contributed by atoms with van der Waals surface area (Å²) in [5, 5.41) is 0. The number of carbonyl (C=O) groups excluding carboxylic acids is 4. The van der Waals surface area contributed by atoms with Crippen LogP contribution >= 0.6 is 0 Å². The van der Waals surface area contributed by atoms with Crippen LogP contribution in [0.4, 0.5) is 0 Å². The molecule has 5 nitrogen and oxygen atoms in total. The van der Waals surface area contributed by atoms with Gasteiger partial charge in [-0.25, -0.2) is 0 Å². The van der Waals surface area contributed by atoms with E-state index in [-0.39, 0.29) is 40.1 Å². The van der Waals surface area contributed by atoms with Gasteiger partial charge >= 0.3 is 5.97 Å². The average Bonchev–Trinajstić information content (AvgIpc) is 3.39. The van der Waals surface area contributed by atoms with E-state index in [2.05, 4.69) is 6.92 Å². The van der Waals surface area contributed by atoms with Crippen LogP contribution in [0.15, 0.2) is 42.5 Å². The van der Waals surface area contributed by atoms with Crippen molar-refractivity contribution < 1.29 is 23.9 Å². The van der Waals surface area contributed by atoms with Gasteiger partial charge in [-0.2, -0.15) is 0 Å². The predicted octanol–water partition coefficient (Wildman–Crippen LogP) is 6.37.